The monoisotopic (exact) mass is 1580 g/mol. The molecule has 0 heterocycles. The largest absolute Gasteiger partial charge is 0.480 e. The fourth-order valence-electron chi connectivity index (χ4n) is 11.2. The van der Waals surface area contributed by atoms with Gasteiger partial charge in [-0.05, 0) is 164 Å². The first-order valence-corrected chi connectivity index (χ1v) is 38.1. The zero-order chi connectivity index (χ0) is 83.9. The molecule has 10 amide bonds. The van der Waals surface area contributed by atoms with Gasteiger partial charge in [-0.1, -0.05) is 121 Å². The van der Waals surface area contributed by atoms with E-state index in [0.29, 0.717) is 35.1 Å². The van der Waals surface area contributed by atoms with Crippen molar-refractivity contribution >= 4 is 83.3 Å². The Morgan fingerprint density at radius 3 is 0.912 bits per heavy atom. The van der Waals surface area contributed by atoms with E-state index >= 15 is 24.0 Å². The average molecular weight is 1580 g/mol. The number of rotatable bonds is 45. The van der Waals surface area contributed by atoms with E-state index in [9.17, 15) is 43.2 Å². The molecule has 8 atom stereocenters. The zero-order valence-corrected chi connectivity index (χ0v) is 67.2. The number of carboxylic acid groups (broad SMARTS) is 1. The van der Waals surface area contributed by atoms with Crippen molar-refractivity contribution in [1.29, 1.82) is 0 Å². The van der Waals surface area contributed by atoms with Crippen molar-refractivity contribution in [2.45, 2.75) is 251 Å². The molecule has 31 heteroatoms. The first kappa shape index (κ1) is 94.4. The van der Waals surface area contributed by atoms with Crippen LogP contribution < -0.4 is 53.2 Å². The number of hydrogen-bond acceptors (Lipinski definition) is 20. The highest BCUT2D eigenvalue weighted by molar-refractivity contribution is 5.98. The van der Waals surface area contributed by atoms with Crippen molar-refractivity contribution in [3.63, 3.8) is 0 Å². The molecule has 0 fully saturated rings. The number of nitrogens with one attached hydrogen (secondary N) is 10. The third-order valence-electron chi connectivity index (χ3n) is 16.2. The number of carbonyl (C=O) groups excluding carboxylic acids is 13. The van der Waals surface area contributed by atoms with Crippen LogP contribution in [0.2, 0.25) is 0 Å². The van der Waals surface area contributed by atoms with Crippen LogP contribution in [0.25, 0.3) is 0 Å². The van der Waals surface area contributed by atoms with Crippen molar-refractivity contribution < 1.29 is 101 Å². The Labute approximate surface area is 661 Å². The van der Waals surface area contributed by atoms with Gasteiger partial charge in [0.2, 0.25) is 47.3 Å². The molecular weight excluding hydrogens is 1460 g/mol. The summed E-state index contributed by atoms with van der Waals surface area (Å²) in [7, 11) is 0. The van der Waals surface area contributed by atoms with Crippen molar-refractivity contribution in [2.24, 2.45) is 0 Å². The summed E-state index contributed by atoms with van der Waals surface area (Å²) >= 11 is 0. The molecule has 620 valence electrons. The Kier molecular flexibility index (Phi) is 39.6. The third kappa shape index (κ3) is 40.7. The summed E-state index contributed by atoms with van der Waals surface area (Å²) < 4.78 is 32.2. The van der Waals surface area contributed by atoms with Gasteiger partial charge in [0.25, 0.3) is 0 Å². The molecule has 0 aliphatic carbocycles. The molecule has 113 heavy (non-hydrogen) atoms. The third-order valence-corrected chi connectivity index (χ3v) is 16.2. The summed E-state index contributed by atoms with van der Waals surface area (Å²) in [6.07, 6.45) is -3.03. The topological polar surface area (TPSA) is 435 Å². The van der Waals surface area contributed by atoms with Crippen LogP contribution in [0.15, 0.2) is 121 Å². The minimum atomic E-state index is -1.65. The summed E-state index contributed by atoms with van der Waals surface area (Å²) in [6, 6.07) is 21.8. The first-order chi connectivity index (χ1) is 53.1. The maximum absolute atomic E-state index is 15.4. The molecule has 0 saturated heterocycles. The standard InChI is InChI=1S/C82H116N10O21/c1-14-109-76(105)60(40-28-30-46-84-78(107)113-82(11,12)13)89-75(104)64(50-56-37-25-18-26-38-56)92-71(100)59(42-44-68(97)111-80(5,6)7)88-74(103)63(49-55-35-23-17-24-36-55)90-69(98)57(39-27-29-45-83-77(106)112-81(8,9)10)86-73(102)62(48-54-33-21-16-22-34-54)91-70(99)58(41-43-67(96)110-79(2,3)4)87-72(101)61(47-53-31-19-15-20-32-53)85-65(93)51-108-52-66(94)95/h15-26,31-38,57-64H,14,27-30,39-52H2,1-13H3,(H,83,106)(H,84,107)(H,85,93)(H,86,102)(H,87,101)(H,88,103)(H,89,104)(H,90,98)(H,91,99)(H,92,100)(H,94,95)/t57-,58-,59-,60-,61-,62-,63-,64-/m0/s1. The van der Waals surface area contributed by atoms with Crippen LogP contribution in [0, 0.1) is 0 Å². The van der Waals surface area contributed by atoms with Crippen LogP contribution in [-0.4, -0.2) is 192 Å². The number of carboxylic acids is 1. The number of hydrogen-bond donors (Lipinski definition) is 11. The van der Waals surface area contributed by atoms with E-state index < -0.39 is 193 Å². The smallest absolute Gasteiger partial charge is 0.407 e. The Hall–Kier alpha value is -11.0. The molecule has 0 unspecified atom stereocenters. The van der Waals surface area contributed by atoms with Crippen LogP contribution in [-0.2, 0) is 112 Å². The second-order valence-corrected chi connectivity index (χ2v) is 31.0. The zero-order valence-electron chi connectivity index (χ0n) is 67.2. The second-order valence-electron chi connectivity index (χ2n) is 31.0. The molecule has 4 aromatic carbocycles. The fourth-order valence-corrected chi connectivity index (χ4v) is 11.2. The highest BCUT2D eigenvalue weighted by Gasteiger charge is 2.37. The highest BCUT2D eigenvalue weighted by Crippen LogP contribution is 2.18. The molecule has 0 aliphatic rings. The van der Waals surface area contributed by atoms with Crippen molar-refractivity contribution in [2.75, 3.05) is 32.9 Å². The van der Waals surface area contributed by atoms with Gasteiger partial charge in [0.15, 0.2) is 0 Å². The quantitative estimate of drug-likeness (QED) is 0.0135. The number of carbonyl (C=O) groups is 14. The lowest BCUT2D eigenvalue weighted by atomic mass is 10.0. The van der Waals surface area contributed by atoms with E-state index in [-0.39, 0.29) is 71.1 Å². The number of amides is 10. The first-order valence-electron chi connectivity index (χ1n) is 38.1. The fraction of sp³-hybridized carbons (Fsp3) is 0.537. The SMILES string of the molecule is CCOC(=O)[C@H](CCCCNC(=O)OC(C)(C)C)NC(=O)[C@H](Cc1ccccc1)NC(=O)[C@H](CCC(=O)OC(C)(C)C)NC(=O)[C@H](Cc1ccccc1)NC(=O)[C@H](CCCCNC(=O)OC(C)(C)C)NC(=O)[C@H](Cc1ccccc1)NC(=O)[C@H](CCC(=O)OC(C)(C)C)NC(=O)[C@H](Cc1ccccc1)NC(=O)COCC(=O)O. The van der Waals surface area contributed by atoms with Gasteiger partial charge in [0.1, 0.15) is 84.0 Å². The van der Waals surface area contributed by atoms with E-state index in [1.165, 1.54) is 0 Å². The van der Waals surface area contributed by atoms with Crippen LogP contribution >= 0.6 is 0 Å². The van der Waals surface area contributed by atoms with Crippen LogP contribution in [0.4, 0.5) is 9.59 Å². The van der Waals surface area contributed by atoms with E-state index in [2.05, 4.69) is 53.2 Å². The van der Waals surface area contributed by atoms with Crippen LogP contribution in [0.3, 0.4) is 0 Å². The predicted octanol–water partition coefficient (Wildman–Crippen LogP) is 6.13. The summed E-state index contributed by atoms with van der Waals surface area (Å²) in [6.45, 7) is 20.2. The molecule has 0 aliphatic heterocycles. The predicted molar refractivity (Wildman–Crippen MR) is 417 cm³/mol. The minimum Gasteiger partial charge on any atom is -0.480 e. The Morgan fingerprint density at radius 1 is 0.336 bits per heavy atom. The summed E-state index contributed by atoms with van der Waals surface area (Å²) in [4.78, 5) is 195. The van der Waals surface area contributed by atoms with Crippen molar-refractivity contribution in [3.05, 3.63) is 144 Å². The molecular formula is C82H116N10O21. The number of benzene rings is 4. The van der Waals surface area contributed by atoms with Crippen molar-refractivity contribution in [3.8, 4) is 0 Å². The molecule has 0 aromatic heterocycles. The van der Waals surface area contributed by atoms with Gasteiger partial charge in [0.05, 0.1) is 6.61 Å². The number of ether oxygens (including phenoxy) is 6. The van der Waals surface area contributed by atoms with Gasteiger partial charge in [-0.2, -0.15) is 0 Å². The minimum absolute atomic E-state index is 0.0341. The van der Waals surface area contributed by atoms with Crippen LogP contribution in [0.1, 0.15) is 176 Å². The van der Waals surface area contributed by atoms with Gasteiger partial charge in [0, 0.05) is 51.6 Å². The molecule has 0 saturated carbocycles. The lowest BCUT2D eigenvalue weighted by molar-refractivity contribution is -0.156. The van der Waals surface area contributed by atoms with Crippen LogP contribution in [0.5, 0.6) is 0 Å². The Balaban J connectivity index is 1.80. The Morgan fingerprint density at radius 2 is 0.611 bits per heavy atom. The number of unbranched alkanes of at least 4 members (excludes halogenated alkanes) is 2. The van der Waals surface area contributed by atoms with Gasteiger partial charge in [-0.25, -0.2) is 19.2 Å². The number of esters is 3. The van der Waals surface area contributed by atoms with E-state index in [4.69, 9.17) is 33.5 Å². The maximum Gasteiger partial charge on any atom is 0.407 e. The van der Waals surface area contributed by atoms with Crippen molar-refractivity contribution in [1.82, 2.24) is 53.2 Å². The molecule has 0 spiro atoms. The summed E-state index contributed by atoms with van der Waals surface area (Å²) in [5, 5.41) is 36.1. The lowest BCUT2D eigenvalue weighted by Crippen LogP contribution is -2.61. The highest BCUT2D eigenvalue weighted by atomic mass is 16.6. The van der Waals surface area contributed by atoms with Gasteiger partial charge >= 0.3 is 36.1 Å². The maximum atomic E-state index is 15.4. The number of aliphatic carboxylic acids is 1. The van der Waals surface area contributed by atoms with Gasteiger partial charge in [-0.3, -0.25) is 47.9 Å². The normalized spacial score (nSPS) is 13.6. The molecule has 0 bridgehead atoms. The summed E-state index contributed by atoms with van der Waals surface area (Å²) in [5.74, 6) is -11.1. The van der Waals surface area contributed by atoms with E-state index in [1.807, 2.05) is 0 Å². The Bertz CT molecular complexity index is 3750. The molecule has 4 aromatic rings. The molecule has 11 N–H and O–H groups in total. The summed E-state index contributed by atoms with van der Waals surface area (Å²) in [5.41, 5.74) is -1.40. The molecule has 4 rings (SSSR count). The average Bonchev–Trinajstić information content (AvgIpc) is 0.875. The van der Waals surface area contributed by atoms with Gasteiger partial charge < -0.3 is 86.7 Å². The molecule has 0 radical (unpaired) electrons. The van der Waals surface area contributed by atoms with E-state index in [0.717, 1.165) is 0 Å². The molecule has 31 nitrogen and oxygen atoms in total. The van der Waals surface area contributed by atoms with E-state index in [1.54, 1.807) is 211 Å². The second kappa shape index (κ2) is 47.4. The number of alkyl carbamates (subject to hydrolysis) is 2. The van der Waals surface area contributed by atoms with Gasteiger partial charge in [-0.15, -0.1) is 0 Å². The lowest BCUT2D eigenvalue weighted by Gasteiger charge is -2.29.